The summed E-state index contributed by atoms with van der Waals surface area (Å²) in [7, 11) is 0. The molecule has 0 radical (unpaired) electrons. The highest BCUT2D eigenvalue weighted by atomic mass is 35.5. The Hall–Kier alpha value is -2.95. The van der Waals surface area contributed by atoms with Crippen LogP contribution in [0.1, 0.15) is 26.3 Å². The van der Waals surface area contributed by atoms with Crippen LogP contribution in [-0.2, 0) is 9.53 Å². The number of ether oxygens (including phenoxy) is 1. The molecule has 0 spiro atoms. The van der Waals surface area contributed by atoms with Gasteiger partial charge in [0.25, 0.3) is 0 Å². The fourth-order valence-corrected chi connectivity index (χ4v) is 6.17. The highest BCUT2D eigenvalue weighted by Gasteiger charge is 2.41. The molecule has 6 atom stereocenters. The zero-order chi connectivity index (χ0) is 26.6. The van der Waals surface area contributed by atoms with E-state index in [1.807, 2.05) is 18.7 Å². The van der Waals surface area contributed by atoms with E-state index in [1.54, 1.807) is 17.1 Å². The molecule has 2 aliphatic heterocycles. The molecule has 1 aromatic heterocycles. The average molecular weight is 533 g/mol. The molecule has 11 heteroatoms. The van der Waals surface area contributed by atoms with Crippen molar-refractivity contribution in [2.24, 2.45) is 5.92 Å². The van der Waals surface area contributed by atoms with Gasteiger partial charge in [-0.15, -0.1) is 11.6 Å². The Morgan fingerprint density at radius 1 is 1.35 bits per heavy atom. The van der Waals surface area contributed by atoms with E-state index in [-0.39, 0.29) is 49.0 Å². The second-order valence-electron chi connectivity index (χ2n) is 9.95. The maximum absolute atomic E-state index is 15.0. The highest BCUT2D eigenvalue weighted by Crippen LogP contribution is 2.39. The molecule has 2 N–H and O–H groups in total. The number of amides is 1. The third-order valence-electron chi connectivity index (χ3n) is 7.62. The number of hydrogen-bond donors (Lipinski definition) is 2. The lowest BCUT2D eigenvalue weighted by molar-refractivity contribution is -0.128. The first-order chi connectivity index (χ1) is 17.7. The van der Waals surface area contributed by atoms with E-state index in [0.29, 0.717) is 29.5 Å². The lowest BCUT2D eigenvalue weighted by Crippen LogP contribution is -2.62. The molecule has 1 amide bonds. The van der Waals surface area contributed by atoms with Gasteiger partial charge in [-0.1, -0.05) is 18.7 Å². The van der Waals surface area contributed by atoms with Gasteiger partial charge in [0.2, 0.25) is 5.91 Å². The van der Waals surface area contributed by atoms with E-state index in [9.17, 15) is 19.8 Å². The Balaban J connectivity index is 1.73. The number of halogens is 2. The van der Waals surface area contributed by atoms with E-state index in [0.717, 1.165) is 0 Å². The summed E-state index contributed by atoms with van der Waals surface area (Å²) in [4.78, 5) is 33.9. The predicted molar refractivity (Wildman–Crippen MR) is 137 cm³/mol. The smallest absolute Gasteiger partial charge is 0.350 e. The zero-order valence-electron chi connectivity index (χ0n) is 20.7. The van der Waals surface area contributed by atoms with Crippen LogP contribution in [0.2, 0.25) is 0 Å². The van der Waals surface area contributed by atoms with Gasteiger partial charge in [-0.2, -0.15) is 4.98 Å². The van der Waals surface area contributed by atoms with Crippen LogP contribution < -0.4 is 21.2 Å². The molecule has 3 unspecified atom stereocenters. The summed E-state index contributed by atoms with van der Waals surface area (Å²) in [6.45, 7) is 7.88. The van der Waals surface area contributed by atoms with E-state index in [4.69, 9.17) is 16.3 Å². The Labute approximate surface area is 218 Å². The summed E-state index contributed by atoms with van der Waals surface area (Å²) in [6, 6.07) is -1.04. The minimum atomic E-state index is -1.09. The van der Waals surface area contributed by atoms with Crippen molar-refractivity contribution in [2.45, 2.75) is 49.9 Å². The second kappa shape index (κ2) is 9.74. The molecule has 1 saturated heterocycles. The van der Waals surface area contributed by atoms with Gasteiger partial charge in [0.15, 0.2) is 0 Å². The molecule has 2 aliphatic carbocycles. The molecule has 3 heterocycles. The standard InChI is InChI=1S/C26H30ClFN4O5/c1-4-20(35)30-9-14(3)31(10-13(30)2)25-16-8-17(27)21(22-18(28)6-5-7-19(22)34)24-23(16)32(26(36)29-25)15(11-33)12-37-24/h4-6,8,13-15,17,19,21,33-34H,1,7,9-12H2,2-3H3/t13-,14+,15-,17?,19?,21?/m1/s1. The first kappa shape index (κ1) is 25.7. The Morgan fingerprint density at radius 2 is 2.11 bits per heavy atom. The molecule has 4 aliphatic rings. The van der Waals surface area contributed by atoms with Crippen LogP contribution in [0.25, 0.3) is 11.8 Å². The number of aliphatic hydroxyl groups is 2. The van der Waals surface area contributed by atoms with Crippen molar-refractivity contribution in [1.29, 1.82) is 0 Å². The third kappa shape index (κ3) is 4.11. The van der Waals surface area contributed by atoms with Crippen LogP contribution in [0.3, 0.4) is 0 Å². The number of allylic oxidation sites excluding steroid dienone is 2. The summed E-state index contributed by atoms with van der Waals surface area (Å²) >= 11 is 6.85. The van der Waals surface area contributed by atoms with Crippen LogP contribution >= 0.6 is 11.6 Å². The fraction of sp³-hybridized carbons (Fsp3) is 0.500. The van der Waals surface area contributed by atoms with Crippen molar-refractivity contribution in [1.82, 2.24) is 14.5 Å². The minimum absolute atomic E-state index is 0.0179. The highest BCUT2D eigenvalue weighted by molar-refractivity contribution is 6.25. The van der Waals surface area contributed by atoms with Gasteiger partial charge in [0.05, 0.1) is 35.4 Å². The van der Waals surface area contributed by atoms with Crippen LogP contribution in [0.5, 0.6) is 0 Å². The number of aliphatic hydroxyl groups excluding tert-OH is 2. The number of hydrogen-bond acceptors (Lipinski definition) is 7. The summed E-state index contributed by atoms with van der Waals surface area (Å²) in [5, 5.41) is 20.8. The van der Waals surface area contributed by atoms with E-state index in [1.165, 1.54) is 16.7 Å². The summed E-state index contributed by atoms with van der Waals surface area (Å²) in [6.07, 6.45) is 5.01. The first-order valence-electron chi connectivity index (χ1n) is 12.4. The topological polar surface area (TPSA) is 108 Å². The van der Waals surface area contributed by atoms with E-state index in [2.05, 4.69) is 11.6 Å². The number of rotatable bonds is 4. The minimum Gasteiger partial charge on any atom is -0.493 e. The Morgan fingerprint density at radius 3 is 2.78 bits per heavy atom. The molecule has 1 aromatic rings. The summed E-state index contributed by atoms with van der Waals surface area (Å²) in [5.41, 5.74) is -0.463. The monoisotopic (exact) mass is 532 g/mol. The molecule has 9 nitrogen and oxygen atoms in total. The molecular weight excluding hydrogens is 503 g/mol. The maximum atomic E-state index is 15.0. The Kier molecular flexibility index (Phi) is 6.76. The number of anilines is 1. The Bertz CT molecular complexity index is 1390. The molecule has 1 fully saturated rings. The van der Waals surface area contributed by atoms with Crippen LogP contribution in [0.4, 0.5) is 10.2 Å². The van der Waals surface area contributed by atoms with Crippen molar-refractivity contribution < 1.29 is 24.1 Å². The normalized spacial score (nSPS) is 31.0. The average Bonchev–Trinajstić information content (AvgIpc) is 2.87. The number of nitrogens with zero attached hydrogens (tertiary/aromatic N) is 4. The molecule has 37 heavy (non-hydrogen) atoms. The summed E-state index contributed by atoms with van der Waals surface area (Å²) in [5.74, 6) is -0.917. The van der Waals surface area contributed by atoms with Crippen molar-refractivity contribution in [3.8, 4) is 0 Å². The lowest BCUT2D eigenvalue weighted by Gasteiger charge is -2.45. The summed E-state index contributed by atoms with van der Waals surface area (Å²) < 4.78 is 22.5. The lowest BCUT2D eigenvalue weighted by atomic mass is 9.82. The van der Waals surface area contributed by atoms with Gasteiger partial charge in [-0.25, -0.2) is 9.18 Å². The van der Waals surface area contributed by atoms with E-state index < -0.39 is 35.0 Å². The number of piperazine rings is 1. The van der Waals surface area contributed by atoms with E-state index >= 15 is 4.39 Å². The van der Waals surface area contributed by atoms with Gasteiger partial charge in [-0.05, 0) is 32.4 Å². The third-order valence-corrected chi connectivity index (χ3v) is 8.00. The molecule has 0 saturated carbocycles. The maximum Gasteiger partial charge on any atom is 0.350 e. The van der Waals surface area contributed by atoms with Crippen molar-refractivity contribution in [3.63, 3.8) is 0 Å². The van der Waals surface area contributed by atoms with Gasteiger partial charge in [-0.3, -0.25) is 9.36 Å². The largest absolute Gasteiger partial charge is 0.493 e. The number of carbonyl (C=O) groups is 1. The molecule has 0 bridgehead atoms. The number of carbonyl (C=O) groups excluding carboxylic acids is 1. The van der Waals surface area contributed by atoms with Gasteiger partial charge in [0.1, 0.15) is 24.0 Å². The van der Waals surface area contributed by atoms with Gasteiger partial charge >= 0.3 is 5.69 Å². The van der Waals surface area contributed by atoms with Crippen LogP contribution in [0, 0.1) is 5.92 Å². The second-order valence-corrected chi connectivity index (χ2v) is 10.5. The van der Waals surface area contributed by atoms with Crippen LogP contribution in [0.15, 0.2) is 41.0 Å². The van der Waals surface area contributed by atoms with Crippen molar-refractivity contribution >= 4 is 35.2 Å². The zero-order valence-corrected chi connectivity index (χ0v) is 21.4. The molecule has 5 rings (SSSR count). The molecule has 0 aromatic carbocycles. The SMILES string of the molecule is C=CC(=O)N1C[C@H](C)N(c2nc(=O)n3c4c2=CC(Cl)C(C2=C(F)C=CCC2O)C=4OC[C@H]3CO)C[C@H]1C. The molecular formula is C26H30ClFN4O5. The fourth-order valence-electron chi connectivity index (χ4n) is 5.80. The number of aromatic nitrogens is 2. The van der Waals surface area contributed by atoms with Crippen molar-refractivity contribution in [3.05, 3.63) is 57.3 Å². The quantitative estimate of drug-likeness (QED) is 0.418. The number of alkyl halides is 1. The predicted octanol–water partition coefficient (Wildman–Crippen LogP) is 0.0888. The molecule has 198 valence electrons. The van der Waals surface area contributed by atoms with Gasteiger partial charge < -0.3 is 24.7 Å². The van der Waals surface area contributed by atoms with Crippen molar-refractivity contribution in [2.75, 3.05) is 31.2 Å². The first-order valence-corrected chi connectivity index (χ1v) is 12.8. The van der Waals surface area contributed by atoms with Gasteiger partial charge in [0, 0.05) is 36.0 Å². The van der Waals surface area contributed by atoms with Crippen LogP contribution in [-0.4, -0.2) is 80.4 Å².